The maximum atomic E-state index is 9.73. The molecule has 0 aliphatic rings. The molecule has 4 rings (SSSR count). The standard InChI is InChI=1S/C22H21N3O/c1-15(26)17-5-3-7-19(13-17)25-14-16-4-2-6-18(12-16)20-8-10-23-22-21(20)9-11-24-22/h2-13,15,25-26H,14H2,1H3,(H,23,24). The van der Waals surface area contributed by atoms with Crippen molar-refractivity contribution in [1.82, 2.24) is 9.97 Å². The van der Waals surface area contributed by atoms with E-state index >= 15 is 0 Å². The molecule has 2 heterocycles. The zero-order valence-electron chi connectivity index (χ0n) is 14.6. The van der Waals surface area contributed by atoms with E-state index in [1.54, 1.807) is 6.92 Å². The normalized spacial score (nSPS) is 12.2. The highest BCUT2D eigenvalue weighted by Gasteiger charge is 2.06. The lowest BCUT2D eigenvalue weighted by atomic mass is 10.0. The first-order valence-corrected chi connectivity index (χ1v) is 8.74. The minimum absolute atomic E-state index is 0.462. The van der Waals surface area contributed by atoms with Crippen LogP contribution >= 0.6 is 0 Å². The molecule has 0 bridgehead atoms. The number of hydrogen-bond acceptors (Lipinski definition) is 3. The van der Waals surface area contributed by atoms with Crippen LogP contribution in [0.3, 0.4) is 0 Å². The monoisotopic (exact) mass is 343 g/mol. The van der Waals surface area contributed by atoms with Crippen molar-refractivity contribution in [3.05, 3.63) is 84.2 Å². The smallest absolute Gasteiger partial charge is 0.137 e. The number of anilines is 1. The summed E-state index contributed by atoms with van der Waals surface area (Å²) in [6.45, 7) is 2.50. The number of nitrogens with zero attached hydrogens (tertiary/aromatic N) is 1. The number of rotatable bonds is 5. The highest BCUT2D eigenvalue weighted by molar-refractivity contribution is 5.92. The number of aromatic amines is 1. The van der Waals surface area contributed by atoms with Gasteiger partial charge in [-0.05, 0) is 59.5 Å². The average Bonchev–Trinajstić information content (AvgIpc) is 3.15. The summed E-state index contributed by atoms with van der Waals surface area (Å²) in [5.74, 6) is 0. The summed E-state index contributed by atoms with van der Waals surface area (Å²) >= 11 is 0. The molecule has 4 nitrogen and oxygen atoms in total. The van der Waals surface area contributed by atoms with Gasteiger partial charge in [0.2, 0.25) is 0 Å². The highest BCUT2D eigenvalue weighted by Crippen LogP contribution is 2.27. The van der Waals surface area contributed by atoms with Gasteiger partial charge in [-0.25, -0.2) is 4.98 Å². The van der Waals surface area contributed by atoms with E-state index in [9.17, 15) is 5.11 Å². The van der Waals surface area contributed by atoms with Crippen LogP contribution in [0.2, 0.25) is 0 Å². The first-order valence-electron chi connectivity index (χ1n) is 8.74. The Morgan fingerprint density at radius 3 is 2.85 bits per heavy atom. The van der Waals surface area contributed by atoms with Crippen LogP contribution in [0.5, 0.6) is 0 Å². The van der Waals surface area contributed by atoms with E-state index in [1.807, 2.05) is 36.7 Å². The highest BCUT2D eigenvalue weighted by atomic mass is 16.3. The van der Waals surface area contributed by atoms with Crippen LogP contribution in [0.1, 0.15) is 24.2 Å². The fraction of sp³-hybridized carbons (Fsp3) is 0.136. The number of hydrogen-bond donors (Lipinski definition) is 3. The number of nitrogens with one attached hydrogen (secondary N) is 2. The molecule has 0 aliphatic heterocycles. The number of H-pyrrole nitrogens is 1. The van der Waals surface area contributed by atoms with Gasteiger partial charge in [0, 0.05) is 30.0 Å². The van der Waals surface area contributed by atoms with Crippen molar-refractivity contribution in [3.63, 3.8) is 0 Å². The van der Waals surface area contributed by atoms with Crippen LogP contribution in [0, 0.1) is 0 Å². The van der Waals surface area contributed by atoms with E-state index in [-0.39, 0.29) is 0 Å². The van der Waals surface area contributed by atoms with Crippen molar-refractivity contribution >= 4 is 16.7 Å². The van der Waals surface area contributed by atoms with Gasteiger partial charge in [-0.15, -0.1) is 0 Å². The van der Waals surface area contributed by atoms with Crippen LogP contribution in [0.15, 0.2) is 73.1 Å². The molecule has 3 N–H and O–H groups in total. The fourth-order valence-corrected chi connectivity index (χ4v) is 3.17. The third-order valence-electron chi connectivity index (χ3n) is 4.56. The van der Waals surface area contributed by atoms with E-state index < -0.39 is 6.10 Å². The van der Waals surface area contributed by atoms with Gasteiger partial charge in [0.25, 0.3) is 0 Å². The maximum absolute atomic E-state index is 9.73. The van der Waals surface area contributed by atoms with Crippen LogP contribution in [0.4, 0.5) is 5.69 Å². The third-order valence-corrected chi connectivity index (χ3v) is 4.56. The van der Waals surface area contributed by atoms with Crippen LogP contribution in [-0.4, -0.2) is 15.1 Å². The number of aromatic nitrogens is 2. The van der Waals surface area contributed by atoms with Crippen LogP contribution in [0.25, 0.3) is 22.2 Å². The molecule has 0 amide bonds. The molecule has 26 heavy (non-hydrogen) atoms. The molecule has 0 spiro atoms. The van der Waals surface area contributed by atoms with Gasteiger partial charge in [0.15, 0.2) is 0 Å². The molecular weight excluding hydrogens is 322 g/mol. The minimum atomic E-state index is -0.462. The van der Waals surface area contributed by atoms with Gasteiger partial charge in [-0.3, -0.25) is 0 Å². The van der Waals surface area contributed by atoms with Crippen molar-refractivity contribution in [1.29, 1.82) is 0 Å². The van der Waals surface area contributed by atoms with Crippen molar-refractivity contribution in [3.8, 4) is 11.1 Å². The minimum Gasteiger partial charge on any atom is -0.389 e. The topological polar surface area (TPSA) is 60.9 Å². The molecule has 130 valence electrons. The van der Waals surface area contributed by atoms with E-state index in [4.69, 9.17) is 0 Å². The number of aliphatic hydroxyl groups excluding tert-OH is 1. The molecule has 1 unspecified atom stereocenters. The quantitative estimate of drug-likeness (QED) is 0.483. The molecule has 0 fully saturated rings. The van der Waals surface area contributed by atoms with Crippen molar-refractivity contribution < 1.29 is 5.11 Å². The first kappa shape index (κ1) is 16.4. The van der Waals surface area contributed by atoms with Gasteiger partial charge >= 0.3 is 0 Å². The lowest BCUT2D eigenvalue weighted by Crippen LogP contribution is -2.01. The van der Waals surface area contributed by atoms with Gasteiger partial charge in [0.05, 0.1) is 6.10 Å². The maximum Gasteiger partial charge on any atom is 0.137 e. The number of benzene rings is 2. The van der Waals surface area contributed by atoms with Crippen molar-refractivity contribution in [2.75, 3.05) is 5.32 Å². The Morgan fingerprint density at radius 1 is 1.08 bits per heavy atom. The predicted octanol–water partition coefficient (Wildman–Crippen LogP) is 4.90. The molecule has 0 aliphatic carbocycles. The lowest BCUT2D eigenvalue weighted by Gasteiger charge is -2.11. The second kappa shape index (κ2) is 7.02. The number of fused-ring (bicyclic) bond motifs is 1. The molecule has 0 radical (unpaired) electrons. The molecule has 4 heteroatoms. The number of pyridine rings is 1. The van der Waals surface area contributed by atoms with Crippen LogP contribution < -0.4 is 5.32 Å². The fourth-order valence-electron chi connectivity index (χ4n) is 3.17. The Bertz CT molecular complexity index is 1040. The molecular formula is C22H21N3O. The summed E-state index contributed by atoms with van der Waals surface area (Å²) < 4.78 is 0. The second-order valence-electron chi connectivity index (χ2n) is 6.45. The Labute approximate surface area is 152 Å². The Kier molecular flexibility index (Phi) is 4.42. The lowest BCUT2D eigenvalue weighted by molar-refractivity contribution is 0.199. The largest absolute Gasteiger partial charge is 0.389 e. The van der Waals surface area contributed by atoms with Gasteiger partial charge in [-0.1, -0.05) is 30.3 Å². The zero-order chi connectivity index (χ0) is 17.9. The molecule has 1 atom stereocenters. The van der Waals surface area contributed by atoms with E-state index in [0.717, 1.165) is 28.8 Å². The third kappa shape index (κ3) is 3.32. The summed E-state index contributed by atoms with van der Waals surface area (Å²) in [6, 6.07) is 20.5. The van der Waals surface area contributed by atoms with E-state index in [0.29, 0.717) is 0 Å². The van der Waals surface area contributed by atoms with Gasteiger partial charge < -0.3 is 15.4 Å². The van der Waals surface area contributed by atoms with Crippen molar-refractivity contribution in [2.45, 2.75) is 19.6 Å². The van der Waals surface area contributed by atoms with Crippen molar-refractivity contribution in [2.24, 2.45) is 0 Å². The summed E-state index contributed by atoms with van der Waals surface area (Å²) in [7, 11) is 0. The summed E-state index contributed by atoms with van der Waals surface area (Å²) in [5.41, 5.74) is 6.37. The van der Waals surface area contributed by atoms with Gasteiger partial charge in [-0.2, -0.15) is 0 Å². The number of aliphatic hydroxyl groups is 1. The molecule has 2 aromatic heterocycles. The Balaban J connectivity index is 1.57. The molecule has 0 saturated heterocycles. The average molecular weight is 343 g/mol. The molecule has 4 aromatic rings. The Hall–Kier alpha value is -3.11. The first-order chi connectivity index (χ1) is 12.7. The van der Waals surface area contributed by atoms with Gasteiger partial charge in [0.1, 0.15) is 5.65 Å². The zero-order valence-corrected chi connectivity index (χ0v) is 14.6. The summed E-state index contributed by atoms with van der Waals surface area (Å²) in [6.07, 6.45) is 3.29. The summed E-state index contributed by atoms with van der Waals surface area (Å²) in [5, 5.41) is 14.3. The second-order valence-corrected chi connectivity index (χ2v) is 6.45. The van der Waals surface area contributed by atoms with Crippen LogP contribution in [-0.2, 0) is 6.54 Å². The predicted molar refractivity (Wildman–Crippen MR) is 106 cm³/mol. The molecule has 0 saturated carbocycles. The summed E-state index contributed by atoms with van der Waals surface area (Å²) in [4.78, 5) is 7.52. The Morgan fingerprint density at radius 2 is 1.96 bits per heavy atom. The SMILES string of the molecule is CC(O)c1cccc(NCc2cccc(-c3ccnc4[nH]ccc34)c2)c1. The van der Waals surface area contributed by atoms with E-state index in [2.05, 4.69) is 51.7 Å². The molecule has 2 aromatic carbocycles. The van der Waals surface area contributed by atoms with E-state index in [1.165, 1.54) is 16.7 Å².